The Balaban J connectivity index is 1.36. The van der Waals surface area contributed by atoms with Gasteiger partial charge < -0.3 is 19.1 Å². The van der Waals surface area contributed by atoms with Crippen LogP contribution in [0.3, 0.4) is 0 Å². The van der Waals surface area contributed by atoms with E-state index in [0.29, 0.717) is 38.1 Å². The van der Waals surface area contributed by atoms with E-state index in [1.807, 2.05) is 43.3 Å². The molecule has 3 aromatic rings. The van der Waals surface area contributed by atoms with Gasteiger partial charge in [-0.25, -0.2) is 14.5 Å². The summed E-state index contributed by atoms with van der Waals surface area (Å²) in [5.41, 5.74) is 5.64. The first-order chi connectivity index (χ1) is 17.7. The molecule has 1 saturated heterocycles. The highest BCUT2D eigenvalue weighted by atomic mass is 16.6. The molecule has 5 rings (SSSR count). The summed E-state index contributed by atoms with van der Waals surface area (Å²) in [6.07, 6.45) is 8.02. The van der Waals surface area contributed by atoms with Gasteiger partial charge in [0.25, 0.3) is 0 Å². The first kappa shape index (κ1) is 25.3. The number of carbonyl (C=O) groups excluding carboxylic acids is 1. The molecule has 10 nitrogen and oxygen atoms in total. The number of pyridine rings is 1. The molecule has 0 radical (unpaired) electrons. The van der Waals surface area contributed by atoms with Crippen LogP contribution in [0.25, 0.3) is 16.9 Å². The summed E-state index contributed by atoms with van der Waals surface area (Å²) in [6.45, 7) is 11.1. The van der Waals surface area contributed by atoms with E-state index in [4.69, 9.17) is 19.3 Å². The van der Waals surface area contributed by atoms with E-state index in [-0.39, 0.29) is 6.09 Å². The second-order valence-electron chi connectivity index (χ2n) is 10.8. The van der Waals surface area contributed by atoms with Crippen LogP contribution in [0.5, 0.6) is 5.88 Å². The summed E-state index contributed by atoms with van der Waals surface area (Å²) in [7, 11) is 1.63. The Kier molecular flexibility index (Phi) is 6.94. The molecule has 0 aromatic carbocycles. The standard InChI is InChI=1S/C27H36N6O4/c1-18-12-21(14-28-25(18)35-5)33-23-8-11-36-10-7-22(23)24(30-33)20-13-29-32(17-20)16-19-6-9-31(15-19)26(34)37-27(2,3)4/h12-14,17,19H,6-11,15-16H2,1-5H3. The number of methoxy groups -OCH3 is 1. The van der Waals surface area contributed by atoms with Gasteiger partial charge in [0.2, 0.25) is 5.88 Å². The Morgan fingerprint density at radius 1 is 1.22 bits per heavy atom. The van der Waals surface area contributed by atoms with E-state index < -0.39 is 5.60 Å². The quantitative estimate of drug-likeness (QED) is 0.517. The van der Waals surface area contributed by atoms with Crippen molar-refractivity contribution >= 4 is 6.09 Å². The first-order valence-electron chi connectivity index (χ1n) is 12.9. The second kappa shape index (κ2) is 10.2. The summed E-state index contributed by atoms with van der Waals surface area (Å²) in [6, 6.07) is 2.05. The molecule has 3 aromatic heterocycles. The number of fused-ring (bicyclic) bond motifs is 1. The maximum absolute atomic E-state index is 12.4. The Hall–Kier alpha value is -3.40. The van der Waals surface area contributed by atoms with E-state index in [9.17, 15) is 4.79 Å². The first-order valence-corrected chi connectivity index (χ1v) is 12.9. The molecule has 5 heterocycles. The zero-order valence-corrected chi connectivity index (χ0v) is 22.4. The highest BCUT2D eigenvalue weighted by Gasteiger charge is 2.30. The van der Waals surface area contributed by atoms with Crippen LogP contribution >= 0.6 is 0 Å². The fourth-order valence-electron chi connectivity index (χ4n) is 5.10. The van der Waals surface area contributed by atoms with Gasteiger partial charge in [0.15, 0.2) is 0 Å². The highest BCUT2D eigenvalue weighted by molar-refractivity contribution is 5.68. The summed E-state index contributed by atoms with van der Waals surface area (Å²) in [4.78, 5) is 18.7. The predicted octanol–water partition coefficient (Wildman–Crippen LogP) is 3.82. The Morgan fingerprint density at radius 3 is 2.78 bits per heavy atom. The molecule has 0 N–H and O–H groups in total. The van der Waals surface area contributed by atoms with E-state index in [1.54, 1.807) is 18.2 Å². The van der Waals surface area contributed by atoms with Crippen LogP contribution in [-0.2, 0) is 28.9 Å². The van der Waals surface area contributed by atoms with Crippen molar-refractivity contribution in [1.82, 2.24) is 29.4 Å². The molecule has 1 fully saturated rings. The summed E-state index contributed by atoms with van der Waals surface area (Å²) in [5.74, 6) is 0.945. The van der Waals surface area contributed by atoms with Crippen molar-refractivity contribution in [3.05, 3.63) is 41.5 Å². The van der Waals surface area contributed by atoms with Crippen LogP contribution in [0.2, 0.25) is 0 Å². The van der Waals surface area contributed by atoms with E-state index in [2.05, 4.69) is 22.3 Å². The number of nitrogens with zero attached hydrogens (tertiary/aromatic N) is 6. The molecule has 0 spiro atoms. The zero-order valence-electron chi connectivity index (χ0n) is 22.4. The average Bonchev–Trinajstić information content (AvgIpc) is 3.54. The second-order valence-corrected chi connectivity index (χ2v) is 10.8. The third kappa shape index (κ3) is 5.49. The van der Waals surface area contributed by atoms with Gasteiger partial charge in [0.1, 0.15) is 5.60 Å². The SMILES string of the molecule is COc1ncc(-n2nc(-c3cnn(CC4CCN(C(=O)OC(C)(C)C)C4)c3)c3c2CCOCC3)cc1C. The van der Waals surface area contributed by atoms with Crippen LogP contribution in [0.15, 0.2) is 24.7 Å². The molecule has 2 aliphatic rings. The van der Waals surface area contributed by atoms with Crippen molar-refractivity contribution < 1.29 is 19.0 Å². The van der Waals surface area contributed by atoms with Gasteiger partial charge in [-0.1, -0.05) is 0 Å². The van der Waals surface area contributed by atoms with Gasteiger partial charge in [-0.3, -0.25) is 4.68 Å². The van der Waals surface area contributed by atoms with Crippen molar-refractivity contribution in [2.45, 2.75) is 59.1 Å². The lowest BCUT2D eigenvalue weighted by Crippen LogP contribution is -2.35. The lowest BCUT2D eigenvalue weighted by Gasteiger charge is -2.24. The minimum absolute atomic E-state index is 0.241. The van der Waals surface area contributed by atoms with Crippen LogP contribution in [0.1, 0.15) is 44.0 Å². The van der Waals surface area contributed by atoms with Crippen molar-refractivity contribution in [2.75, 3.05) is 33.4 Å². The molecular weight excluding hydrogens is 472 g/mol. The van der Waals surface area contributed by atoms with Gasteiger partial charge in [-0.2, -0.15) is 10.2 Å². The topological polar surface area (TPSA) is 96.5 Å². The minimum Gasteiger partial charge on any atom is -0.481 e. The Labute approximate surface area is 217 Å². The van der Waals surface area contributed by atoms with Crippen LogP contribution in [0, 0.1) is 12.8 Å². The third-order valence-corrected chi connectivity index (χ3v) is 6.81. The maximum atomic E-state index is 12.4. The molecule has 1 unspecified atom stereocenters. The van der Waals surface area contributed by atoms with Gasteiger partial charge in [0.05, 0.1) is 49.8 Å². The molecule has 10 heteroatoms. The molecular formula is C27H36N6O4. The molecule has 0 bridgehead atoms. The summed E-state index contributed by atoms with van der Waals surface area (Å²) >= 11 is 0. The number of ether oxygens (including phenoxy) is 3. The van der Waals surface area contributed by atoms with Crippen LogP contribution < -0.4 is 4.74 Å². The molecule has 1 atom stereocenters. The smallest absolute Gasteiger partial charge is 0.410 e. The molecule has 0 saturated carbocycles. The lowest BCUT2D eigenvalue weighted by atomic mass is 10.0. The van der Waals surface area contributed by atoms with E-state index >= 15 is 0 Å². The van der Waals surface area contributed by atoms with Crippen molar-refractivity contribution in [3.8, 4) is 22.8 Å². The number of rotatable bonds is 5. The fourth-order valence-corrected chi connectivity index (χ4v) is 5.10. The lowest BCUT2D eigenvalue weighted by molar-refractivity contribution is 0.0286. The highest BCUT2D eigenvalue weighted by Crippen LogP contribution is 2.31. The van der Waals surface area contributed by atoms with Gasteiger partial charge in [0, 0.05) is 48.9 Å². The maximum Gasteiger partial charge on any atom is 0.410 e. The van der Waals surface area contributed by atoms with Gasteiger partial charge >= 0.3 is 6.09 Å². The molecule has 1 amide bonds. The van der Waals surface area contributed by atoms with Crippen LogP contribution in [0.4, 0.5) is 4.79 Å². The third-order valence-electron chi connectivity index (χ3n) is 6.81. The van der Waals surface area contributed by atoms with Crippen molar-refractivity contribution in [2.24, 2.45) is 5.92 Å². The summed E-state index contributed by atoms with van der Waals surface area (Å²) in [5, 5.41) is 9.69. The van der Waals surface area contributed by atoms with Crippen molar-refractivity contribution in [3.63, 3.8) is 0 Å². The number of aryl methyl sites for hydroxylation is 1. The van der Waals surface area contributed by atoms with Crippen LogP contribution in [-0.4, -0.2) is 74.6 Å². The Bertz CT molecular complexity index is 1270. The number of carbonyl (C=O) groups is 1. The number of amides is 1. The fraction of sp³-hybridized carbons (Fsp3) is 0.556. The summed E-state index contributed by atoms with van der Waals surface area (Å²) < 4.78 is 20.6. The molecule has 0 aliphatic carbocycles. The predicted molar refractivity (Wildman–Crippen MR) is 138 cm³/mol. The van der Waals surface area contributed by atoms with Crippen molar-refractivity contribution in [1.29, 1.82) is 0 Å². The monoisotopic (exact) mass is 508 g/mol. The number of aromatic nitrogens is 5. The minimum atomic E-state index is -0.487. The zero-order chi connectivity index (χ0) is 26.2. The number of hydrogen-bond donors (Lipinski definition) is 0. The van der Waals surface area contributed by atoms with E-state index in [0.717, 1.165) is 54.0 Å². The number of likely N-dealkylation sites (tertiary alicyclic amines) is 1. The molecule has 37 heavy (non-hydrogen) atoms. The number of hydrogen-bond acceptors (Lipinski definition) is 7. The Morgan fingerprint density at radius 2 is 2.03 bits per heavy atom. The molecule has 198 valence electrons. The van der Waals surface area contributed by atoms with Gasteiger partial charge in [-0.15, -0.1) is 0 Å². The van der Waals surface area contributed by atoms with E-state index in [1.165, 1.54) is 5.56 Å². The molecule has 2 aliphatic heterocycles. The normalized spacial score (nSPS) is 18.0. The van der Waals surface area contributed by atoms with Gasteiger partial charge in [-0.05, 0) is 52.5 Å². The largest absolute Gasteiger partial charge is 0.481 e. The average molecular weight is 509 g/mol.